The lowest BCUT2D eigenvalue weighted by atomic mass is 9.99. The number of hydrogen-bond acceptors (Lipinski definition) is 6. The van der Waals surface area contributed by atoms with E-state index >= 15 is 0 Å². The smallest absolute Gasteiger partial charge is 0.396 e. The van der Waals surface area contributed by atoms with Gasteiger partial charge in [-0.3, -0.25) is 0 Å². The third kappa shape index (κ3) is 3.41. The highest BCUT2D eigenvalue weighted by Gasteiger charge is 2.38. The van der Waals surface area contributed by atoms with E-state index in [1.165, 1.54) is 12.7 Å². The van der Waals surface area contributed by atoms with Gasteiger partial charge in [0.25, 0.3) is 0 Å². The summed E-state index contributed by atoms with van der Waals surface area (Å²) in [7, 11) is -2.15. The van der Waals surface area contributed by atoms with Crippen LogP contribution in [-0.2, 0) is 4.57 Å². The van der Waals surface area contributed by atoms with E-state index in [0.717, 1.165) is 12.8 Å². The van der Waals surface area contributed by atoms with Crippen molar-refractivity contribution in [2.45, 2.75) is 18.9 Å². The molecule has 1 fully saturated rings. The van der Waals surface area contributed by atoms with Gasteiger partial charge in [-0.25, -0.2) is 15.0 Å². The van der Waals surface area contributed by atoms with Gasteiger partial charge in [0.2, 0.25) is 5.95 Å². The molecule has 0 aromatic carbocycles. The van der Waals surface area contributed by atoms with E-state index < -0.39 is 8.03 Å². The van der Waals surface area contributed by atoms with Crippen LogP contribution in [0.25, 0.3) is 0 Å². The average Bonchev–Trinajstić information content (AvgIpc) is 2.71. The van der Waals surface area contributed by atoms with Crippen molar-refractivity contribution in [2.75, 3.05) is 18.1 Å². The maximum atomic E-state index is 10.9. The second-order valence-electron chi connectivity index (χ2n) is 4.51. The maximum Gasteiger partial charge on any atom is 0.505 e. The van der Waals surface area contributed by atoms with Gasteiger partial charge in [-0.2, -0.15) is 4.89 Å². The Kier molecular flexibility index (Phi) is 4.52. The van der Waals surface area contributed by atoms with Crippen molar-refractivity contribution in [3.63, 3.8) is 0 Å². The first kappa shape index (κ1) is 13.3. The topological polar surface area (TPSA) is 108 Å². The van der Waals surface area contributed by atoms with Crippen LogP contribution in [0, 0.1) is 11.8 Å². The number of nitrogens with zero attached hydrogens (tertiary/aromatic N) is 3. The van der Waals surface area contributed by atoms with Gasteiger partial charge in [0.1, 0.15) is 12.7 Å². The summed E-state index contributed by atoms with van der Waals surface area (Å²) in [5.74, 6) is 0.638. The van der Waals surface area contributed by atoms with Crippen LogP contribution in [0.15, 0.2) is 12.7 Å². The van der Waals surface area contributed by atoms with E-state index in [0.29, 0.717) is 5.95 Å². The van der Waals surface area contributed by atoms with E-state index in [-0.39, 0.29) is 30.6 Å². The predicted molar refractivity (Wildman–Crippen MR) is 65.2 cm³/mol. The van der Waals surface area contributed by atoms with Gasteiger partial charge in [0.15, 0.2) is 6.16 Å². The zero-order valence-electron chi connectivity index (χ0n) is 9.81. The molecule has 0 amide bonds. The van der Waals surface area contributed by atoms with Crippen LogP contribution < -0.4 is 5.32 Å². The van der Waals surface area contributed by atoms with E-state index in [1.54, 1.807) is 0 Å². The Bertz CT molecular complexity index is 405. The highest BCUT2D eigenvalue weighted by molar-refractivity contribution is 7.38. The van der Waals surface area contributed by atoms with E-state index in [2.05, 4.69) is 20.3 Å². The fourth-order valence-corrected chi connectivity index (χ4v) is 3.32. The SMILES string of the molecule is O=[P+](O)C[C@H]1C[C@H](Nc2ncncn2)C[C@@H]1CO. The van der Waals surface area contributed by atoms with Crippen LogP contribution in [0.4, 0.5) is 5.95 Å². The average molecular weight is 271 g/mol. The molecule has 1 unspecified atom stereocenters. The van der Waals surface area contributed by atoms with Crippen molar-refractivity contribution in [2.24, 2.45) is 11.8 Å². The normalized spacial score (nSPS) is 28.1. The third-order valence-electron chi connectivity index (χ3n) is 3.29. The fraction of sp³-hybridized carbons (Fsp3) is 0.700. The number of aromatic nitrogens is 3. The molecule has 98 valence electrons. The molecule has 2 rings (SSSR count). The number of hydrogen-bond donors (Lipinski definition) is 3. The number of aliphatic hydroxyl groups excluding tert-OH is 1. The largest absolute Gasteiger partial charge is 0.505 e. The lowest BCUT2D eigenvalue weighted by Crippen LogP contribution is -2.18. The van der Waals surface area contributed by atoms with Crippen LogP contribution in [0.5, 0.6) is 0 Å². The van der Waals surface area contributed by atoms with Crippen molar-refractivity contribution in [1.82, 2.24) is 15.0 Å². The second-order valence-corrected chi connectivity index (χ2v) is 5.58. The highest BCUT2D eigenvalue weighted by Crippen LogP contribution is 2.37. The molecule has 1 aliphatic carbocycles. The summed E-state index contributed by atoms with van der Waals surface area (Å²) in [6, 6.07) is 0.129. The molecule has 3 N–H and O–H groups in total. The lowest BCUT2D eigenvalue weighted by Gasteiger charge is -2.11. The number of nitrogens with one attached hydrogen (secondary N) is 1. The highest BCUT2D eigenvalue weighted by atomic mass is 31.1. The summed E-state index contributed by atoms with van der Waals surface area (Å²) in [5.41, 5.74) is 0. The first-order valence-electron chi connectivity index (χ1n) is 5.82. The van der Waals surface area contributed by atoms with Gasteiger partial charge in [-0.1, -0.05) is 0 Å². The van der Waals surface area contributed by atoms with Gasteiger partial charge in [0, 0.05) is 18.6 Å². The van der Waals surface area contributed by atoms with Crippen LogP contribution in [0.2, 0.25) is 0 Å². The Morgan fingerprint density at radius 2 is 2.00 bits per heavy atom. The number of anilines is 1. The molecule has 7 nitrogen and oxygen atoms in total. The molecule has 4 atom stereocenters. The Balaban J connectivity index is 1.94. The van der Waals surface area contributed by atoms with Crippen molar-refractivity contribution in [1.29, 1.82) is 0 Å². The van der Waals surface area contributed by atoms with Crippen LogP contribution >= 0.6 is 8.03 Å². The molecule has 0 spiro atoms. The Morgan fingerprint density at radius 1 is 1.33 bits per heavy atom. The third-order valence-corrected chi connectivity index (χ3v) is 4.07. The van der Waals surface area contributed by atoms with Crippen molar-refractivity contribution in [3.05, 3.63) is 12.7 Å². The quantitative estimate of drug-likeness (QED) is 0.665. The first-order valence-corrected chi connectivity index (χ1v) is 7.21. The van der Waals surface area contributed by atoms with E-state index in [4.69, 9.17) is 4.89 Å². The molecule has 1 aromatic rings. The van der Waals surface area contributed by atoms with Gasteiger partial charge in [0.05, 0.1) is 0 Å². The zero-order valence-corrected chi connectivity index (χ0v) is 10.7. The van der Waals surface area contributed by atoms with Crippen molar-refractivity contribution < 1.29 is 14.6 Å². The summed E-state index contributed by atoms with van der Waals surface area (Å²) in [6.07, 6.45) is 4.58. The first-order chi connectivity index (χ1) is 8.69. The van der Waals surface area contributed by atoms with Crippen LogP contribution in [-0.4, -0.2) is 43.8 Å². The number of aliphatic hydroxyl groups is 1. The standard InChI is InChI=1S/C10H15N4O3P/c15-3-7-1-9(2-8(7)4-18(16)17)14-10-12-5-11-6-13-10/h5-9,15H,1-4H2,(H-,11,12,13,14,16,17)/p+1/t7-,8-,9-/m1/s1. The monoisotopic (exact) mass is 271 g/mol. The van der Waals surface area contributed by atoms with Gasteiger partial charge >= 0.3 is 8.03 Å². The summed E-state index contributed by atoms with van der Waals surface area (Å²) < 4.78 is 10.9. The molecule has 0 saturated heterocycles. The minimum absolute atomic E-state index is 0.0449. The molecule has 1 aromatic heterocycles. The van der Waals surface area contributed by atoms with Crippen molar-refractivity contribution in [3.8, 4) is 0 Å². The van der Waals surface area contributed by atoms with E-state index in [9.17, 15) is 9.67 Å². The Hall–Kier alpha value is -1.17. The molecule has 18 heavy (non-hydrogen) atoms. The van der Waals surface area contributed by atoms with Gasteiger partial charge in [-0.15, -0.1) is 0 Å². The van der Waals surface area contributed by atoms with Crippen LogP contribution in [0.3, 0.4) is 0 Å². The fourth-order valence-electron chi connectivity index (χ4n) is 2.47. The summed E-state index contributed by atoms with van der Waals surface area (Å²) >= 11 is 0. The molecule has 1 aliphatic rings. The molecular weight excluding hydrogens is 255 g/mol. The second kappa shape index (κ2) is 6.13. The van der Waals surface area contributed by atoms with Crippen LogP contribution in [0.1, 0.15) is 12.8 Å². The summed E-state index contributed by atoms with van der Waals surface area (Å²) in [6.45, 7) is 0.0449. The molecule has 0 bridgehead atoms. The zero-order chi connectivity index (χ0) is 13.0. The Labute approximate surface area is 106 Å². The predicted octanol–water partition coefficient (Wildman–Crippen LogP) is 0.405. The lowest BCUT2D eigenvalue weighted by molar-refractivity contribution is 0.201. The molecular formula is C10H16N4O3P+. The van der Waals surface area contributed by atoms with E-state index in [1.807, 2.05) is 0 Å². The minimum atomic E-state index is -2.15. The molecule has 0 aliphatic heterocycles. The Morgan fingerprint density at radius 3 is 2.61 bits per heavy atom. The number of rotatable bonds is 5. The molecule has 0 radical (unpaired) electrons. The molecule has 1 heterocycles. The molecule has 8 heteroatoms. The van der Waals surface area contributed by atoms with Gasteiger partial charge in [-0.05, 0) is 23.3 Å². The summed E-state index contributed by atoms with van der Waals surface area (Å²) in [5, 5.41) is 12.4. The van der Waals surface area contributed by atoms with Gasteiger partial charge < -0.3 is 10.4 Å². The molecule has 1 saturated carbocycles. The van der Waals surface area contributed by atoms with Crippen molar-refractivity contribution >= 4 is 14.0 Å². The summed E-state index contributed by atoms with van der Waals surface area (Å²) in [4.78, 5) is 20.7. The maximum absolute atomic E-state index is 10.9. The minimum Gasteiger partial charge on any atom is -0.396 e.